The van der Waals surface area contributed by atoms with Crippen molar-refractivity contribution in [1.29, 1.82) is 0 Å². The molecule has 2 aromatic carbocycles. The first-order chi connectivity index (χ1) is 12.4. The summed E-state index contributed by atoms with van der Waals surface area (Å²) in [6.07, 6.45) is 0. The highest BCUT2D eigenvalue weighted by atomic mass is 32.2. The molecule has 1 heterocycles. The first kappa shape index (κ1) is 18.4. The summed E-state index contributed by atoms with van der Waals surface area (Å²) in [5.41, 5.74) is 3.72. The molecule has 0 amide bonds. The number of anilines is 1. The molecule has 0 spiro atoms. The van der Waals surface area contributed by atoms with E-state index in [1.165, 1.54) is 0 Å². The lowest BCUT2D eigenvalue weighted by molar-refractivity contribution is 0.582. The molecule has 6 heteroatoms. The number of benzene rings is 2. The first-order valence-corrected chi connectivity index (χ1v) is 10.0. The highest BCUT2D eigenvalue weighted by Gasteiger charge is 2.16. The summed E-state index contributed by atoms with van der Waals surface area (Å²) in [5, 5.41) is 4.31. The molecule has 3 rings (SSSR count). The lowest BCUT2D eigenvalue weighted by atomic mass is 10.1. The summed E-state index contributed by atoms with van der Waals surface area (Å²) in [4.78, 5) is 4.90. The van der Waals surface area contributed by atoms with Crippen LogP contribution in [0, 0.1) is 20.8 Å². The maximum Gasteiger partial charge on any atom is 0.240 e. The van der Waals surface area contributed by atoms with Crippen LogP contribution in [-0.4, -0.2) is 26.5 Å². The average molecular weight is 369 g/mol. The summed E-state index contributed by atoms with van der Waals surface area (Å²) in [6.45, 7) is 6.46. The molecule has 1 aromatic heterocycles. The van der Waals surface area contributed by atoms with Crippen LogP contribution in [0.2, 0.25) is 0 Å². The number of pyridine rings is 1. The third-order valence-electron chi connectivity index (χ3n) is 4.28. The van der Waals surface area contributed by atoms with Crippen LogP contribution >= 0.6 is 0 Å². The predicted octanol–water partition coefficient (Wildman–Crippen LogP) is 3.55. The molecule has 5 nitrogen and oxygen atoms in total. The summed E-state index contributed by atoms with van der Waals surface area (Å²) in [6, 6.07) is 15.4. The Bertz CT molecular complexity index is 1050. The molecular formula is C20H23N3O2S. The van der Waals surface area contributed by atoms with Crippen LogP contribution < -0.4 is 10.0 Å². The number of nitrogens with zero attached hydrogens (tertiary/aromatic N) is 1. The van der Waals surface area contributed by atoms with E-state index < -0.39 is 10.0 Å². The van der Waals surface area contributed by atoms with E-state index in [9.17, 15) is 8.42 Å². The smallest absolute Gasteiger partial charge is 0.240 e. The highest BCUT2D eigenvalue weighted by Crippen LogP contribution is 2.19. The van der Waals surface area contributed by atoms with Crippen molar-refractivity contribution in [1.82, 2.24) is 9.71 Å². The minimum absolute atomic E-state index is 0.281. The van der Waals surface area contributed by atoms with Gasteiger partial charge < -0.3 is 5.32 Å². The van der Waals surface area contributed by atoms with Gasteiger partial charge in [-0.15, -0.1) is 0 Å². The van der Waals surface area contributed by atoms with Gasteiger partial charge in [-0.3, -0.25) is 0 Å². The molecule has 0 saturated carbocycles. The molecule has 0 saturated heterocycles. The van der Waals surface area contributed by atoms with Crippen molar-refractivity contribution in [2.45, 2.75) is 25.7 Å². The van der Waals surface area contributed by atoms with E-state index in [0.29, 0.717) is 11.4 Å². The van der Waals surface area contributed by atoms with Gasteiger partial charge in [0.1, 0.15) is 5.82 Å². The molecule has 0 aliphatic carbocycles. The Morgan fingerprint density at radius 3 is 2.50 bits per heavy atom. The van der Waals surface area contributed by atoms with E-state index in [1.54, 1.807) is 13.0 Å². The van der Waals surface area contributed by atoms with Crippen LogP contribution in [-0.2, 0) is 10.0 Å². The number of nitrogens with one attached hydrogen (secondary N) is 2. The second-order valence-corrected chi connectivity index (χ2v) is 8.17. The predicted molar refractivity (Wildman–Crippen MR) is 106 cm³/mol. The normalized spacial score (nSPS) is 11.7. The second-order valence-electron chi connectivity index (χ2n) is 6.44. The van der Waals surface area contributed by atoms with E-state index in [1.807, 2.05) is 56.3 Å². The second kappa shape index (κ2) is 7.43. The largest absolute Gasteiger partial charge is 0.369 e. The molecule has 0 atom stereocenters. The third kappa shape index (κ3) is 4.03. The van der Waals surface area contributed by atoms with E-state index in [0.717, 1.165) is 33.4 Å². The SMILES string of the molecule is Cc1ccc(C)c(S(=O)(=O)NCCNc2cc(C)c3ccccc3n2)c1. The fraction of sp³-hybridized carbons (Fsp3) is 0.250. The number of aryl methyl sites for hydroxylation is 3. The maximum absolute atomic E-state index is 12.5. The molecule has 0 fully saturated rings. The van der Waals surface area contributed by atoms with Gasteiger partial charge in [0.25, 0.3) is 0 Å². The molecule has 0 unspecified atom stereocenters. The van der Waals surface area contributed by atoms with Crippen molar-refractivity contribution in [3.8, 4) is 0 Å². The topological polar surface area (TPSA) is 71.1 Å². The van der Waals surface area contributed by atoms with Crippen LogP contribution in [0.25, 0.3) is 10.9 Å². The molecule has 3 aromatic rings. The summed E-state index contributed by atoms with van der Waals surface area (Å²) in [7, 11) is -3.52. The number of sulfonamides is 1. The van der Waals surface area contributed by atoms with Gasteiger partial charge in [-0.2, -0.15) is 0 Å². The van der Waals surface area contributed by atoms with Gasteiger partial charge in [0.15, 0.2) is 0 Å². The van der Waals surface area contributed by atoms with Gasteiger partial charge >= 0.3 is 0 Å². The molecule has 136 valence electrons. The number of hydrogen-bond donors (Lipinski definition) is 2. The molecule has 0 aliphatic heterocycles. The minimum Gasteiger partial charge on any atom is -0.369 e. The Hall–Kier alpha value is -2.44. The van der Waals surface area contributed by atoms with Crippen LogP contribution in [0.3, 0.4) is 0 Å². The third-order valence-corrected chi connectivity index (χ3v) is 5.88. The van der Waals surface area contributed by atoms with Crippen molar-refractivity contribution >= 4 is 26.7 Å². The van der Waals surface area contributed by atoms with E-state index in [-0.39, 0.29) is 6.54 Å². The average Bonchev–Trinajstić information content (AvgIpc) is 2.61. The highest BCUT2D eigenvalue weighted by molar-refractivity contribution is 7.89. The molecule has 0 bridgehead atoms. The quantitative estimate of drug-likeness (QED) is 0.652. The van der Waals surface area contributed by atoms with Gasteiger partial charge in [-0.1, -0.05) is 30.3 Å². The Labute approximate surface area is 154 Å². The van der Waals surface area contributed by atoms with Gasteiger partial charge in [0.2, 0.25) is 10.0 Å². The van der Waals surface area contributed by atoms with Crippen molar-refractivity contribution in [3.63, 3.8) is 0 Å². The molecule has 0 aliphatic rings. The van der Waals surface area contributed by atoms with Crippen LogP contribution in [0.15, 0.2) is 53.4 Å². The summed E-state index contributed by atoms with van der Waals surface area (Å²) in [5.74, 6) is 0.743. The van der Waals surface area contributed by atoms with E-state index in [4.69, 9.17) is 0 Å². The zero-order valence-electron chi connectivity index (χ0n) is 15.2. The minimum atomic E-state index is -3.52. The summed E-state index contributed by atoms with van der Waals surface area (Å²) >= 11 is 0. The lowest BCUT2D eigenvalue weighted by Crippen LogP contribution is -2.29. The Morgan fingerprint density at radius 1 is 0.923 bits per heavy atom. The van der Waals surface area contributed by atoms with Crippen molar-refractivity contribution in [2.24, 2.45) is 0 Å². The standard InChI is InChI=1S/C20H23N3O2S/c1-14-8-9-15(2)19(12-14)26(24,25)22-11-10-21-20-13-16(3)17-6-4-5-7-18(17)23-20/h4-9,12-13,22H,10-11H2,1-3H3,(H,21,23). The number of hydrogen-bond acceptors (Lipinski definition) is 4. The van der Waals surface area contributed by atoms with Gasteiger partial charge in [-0.25, -0.2) is 18.1 Å². The van der Waals surface area contributed by atoms with Crippen LogP contribution in [0.1, 0.15) is 16.7 Å². The molecule has 26 heavy (non-hydrogen) atoms. The first-order valence-electron chi connectivity index (χ1n) is 8.54. The fourth-order valence-corrected chi connectivity index (χ4v) is 4.25. The fourth-order valence-electron chi connectivity index (χ4n) is 2.89. The number of rotatable bonds is 6. The summed E-state index contributed by atoms with van der Waals surface area (Å²) < 4.78 is 27.6. The number of aromatic nitrogens is 1. The van der Waals surface area contributed by atoms with E-state index in [2.05, 4.69) is 15.0 Å². The Balaban J connectivity index is 1.64. The van der Waals surface area contributed by atoms with Gasteiger partial charge in [0, 0.05) is 18.5 Å². The number of para-hydroxylation sites is 1. The van der Waals surface area contributed by atoms with Crippen molar-refractivity contribution in [2.75, 3.05) is 18.4 Å². The van der Waals surface area contributed by atoms with Crippen molar-refractivity contribution < 1.29 is 8.42 Å². The van der Waals surface area contributed by atoms with Crippen LogP contribution in [0.4, 0.5) is 5.82 Å². The Kier molecular flexibility index (Phi) is 5.25. The maximum atomic E-state index is 12.5. The van der Waals surface area contributed by atoms with E-state index >= 15 is 0 Å². The van der Waals surface area contributed by atoms with Crippen LogP contribution in [0.5, 0.6) is 0 Å². The lowest BCUT2D eigenvalue weighted by Gasteiger charge is -2.12. The molecule has 0 radical (unpaired) electrons. The number of fused-ring (bicyclic) bond motifs is 1. The molecular weight excluding hydrogens is 346 g/mol. The van der Waals surface area contributed by atoms with Gasteiger partial charge in [-0.05, 0) is 55.7 Å². The zero-order chi connectivity index (χ0) is 18.7. The van der Waals surface area contributed by atoms with Crippen molar-refractivity contribution in [3.05, 3.63) is 65.2 Å². The molecule has 2 N–H and O–H groups in total. The monoisotopic (exact) mass is 369 g/mol. The zero-order valence-corrected chi connectivity index (χ0v) is 16.0. The Morgan fingerprint density at radius 2 is 1.69 bits per heavy atom. The van der Waals surface area contributed by atoms with Gasteiger partial charge in [0.05, 0.1) is 10.4 Å².